The van der Waals surface area contributed by atoms with Gasteiger partial charge in [-0.05, 0) is 0 Å². The van der Waals surface area contributed by atoms with Crippen LogP contribution < -0.4 is 16.0 Å². The molecule has 22 heteroatoms. The van der Waals surface area contributed by atoms with E-state index in [0.717, 1.165) is 0 Å². The highest BCUT2D eigenvalue weighted by Gasteiger charge is 2.32. The van der Waals surface area contributed by atoms with Crippen LogP contribution in [-0.2, 0) is 85.7 Å². The van der Waals surface area contributed by atoms with Crippen LogP contribution in [0, 0.1) is 0 Å². The summed E-state index contributed by atoms with van der Waals surface area (Å²) in [5.74, 6) is -3.14. The molecule has 0 atom stereocenters. The molecule has 1 rings (SSSR count). The molecule has 324 valence electrons. The molecular formula is C34H60N4O18. The van der Waals surface area contributed by atoms with E-state index >= 15 is 0 Å². The maximum atomic E-state index is 12.3. The van der Waals surface area contributed by atoms with Crippen molar-refractivity contribution in [3.63, 3.8) is 0 Å². The fourth-order valence-corrected chi connectivity index (χ4v) is 4.05. The Hall–Kier alpha value is -3.42. The Balaban J connectivity index is 2.27. The molecule has 1 fully saturated rings. The van der Waals surface area contributed by atoms with Crippen LogP contribution in [0.1, 0.15) is 19.3 Å². The third kappa shape index (κ3) is 29.8. The molecule has 3 N–H and O–H groups in total. The number of rotatable bonds is 39. The van der Waals surface area contributed by atoms with Crippen LogP contribution >= 0.6 is 0 Å². The van der Waals surface area contributed by atoms with Gasteiger partial charge in [0.05, 0.1) is 112 Å². The molecule has 0 saturated carbocycles. The second-order valence-electron chi connectivity index (χ2n) is 11.5. The van der Waals surface area contributed by atoms with Crippen molar-refractivity contribution in [3.8, 4) is 0 Å². The van der Waals surface area contributed by atoms with Crippen LogP contribution in [0.25, 0.3) is 0 Å². The predicted molar refractivity (Wildman–Crippen MR) is 191 cm³/mol. The van der Waals surface area contributed by atoms with Gasteiger partial charge < -0.3 is 72.9 Å². The van der Waals surface area contributed by atoms with E-state index in [9.17, 15) is 28.8 Å². The number of carbonyl (C=O) groups excluding carboxylic acids is 6. The smallest absolute Gasteiger partial charge is 0.334 e. The summed E-state index contributed by atoms with van der Waals surface area (Å²) >= 11 is 0. The zero-order valence-electron chi connectivity index (χ0n) is 32.6. The van der Waals surface area contributed by atoms with Crippen LogP contribution in [0.5, 0.6) is 0 Å². The van der Waals surface area contributed by atoms with Crippen molar-refractivity contribution in [2.75, 3.05) is 159 Å². The summed E-state index contributed by atoms with van der Waals surface area (Å²) in [6.45, 7) is 4.50. The Morgan fingerprint density at radius 2 is 0.911 bits per heavy atom. The van der Waals surface area contributed by atoms with Crippen molar-refractivity contribution < 1.29 is 85.7 Å². The number of nitrogens with zero attached hydrogens (tertiary/aromatic N) is 1. The standard InChI is InChI=1S/C34H60N4O18/c1-45-11-13-49-17-21-53-25-29(39)36-7-9-47-15-19-51-23-28(55-27-31(41)35-6-5-34(44)56-38-32(42)3-4-33(38)43)24-52-20-16-48-10-8-37-30(40)26-54-22-18-50-14-12-46-2/h28H,3-27H2,1-2H3,(H,35,41)(H,36,39)(H,37,40). The average molecular weight is 813 g/mol. The highest BCUT2D eigenvalue weighted by Crippen LogP contribution is 2.12. The lowest BCUT2D eigenvalue weighted by atomic mass is 10.4. The number of imide groups is 1. The number of nitrogens with one attached hydrogen (secondary N) is 3. The maximum Gasteiger partial charge on any atom is 0.334 e. The first-order valence-corrected chi connectivity index (χ1v) is 18.3. The van der Waals surface area contributed by atoms with Gasteiger partial charge in [-0.25, -0.2) is 4.79 Å². The Labute approximate surface area is 326 Å². The van der Waals surface area contributed by atoms with Gasteiger partial charge in [0.1, 0.15) is 25.9 Å². The van der Waals surface area contributed by atoms with Crippen LogP contribution in [0.3, 0.4) is 0 Å². The van der Waals surface area contributed by atoms with Gasteiger partial charge in [0.25, 0.3) is 11.8 Å². The van der Waals surface area contributed by atoms with Gasteiger partial charge in [-0.1, -0.05) is 0 Å². The molecule has 1 aliphatic heterocycles. The average Bonchev–Trinajstić information content (AvgIpc) is 3.49. The lowest BCUT2D eigenvalue weighted by Crippen LogP contribution is -2.36. The zero-order valence-corrected chi connectivity index (χ0v) is 32.6. The van der Waals surface area contributed by atoms with Gasteiger partial charge in [0.15, 0.2) is 0 Å². The van der Waals surface area contributed by atoms with E-state index in [0.29, 0.717) is 44.7 Å². The topological polar surface area (TPSA) is 253 Å². The first kappa shape index (κ1) is 50.6. The summed E-state index contributed by atoms with van der Waals surface area (Å²) in [6, 6.07) is 0. The minimum Gasteiger partial charge on any atom is -0.382 e. The quantitative estimate of drug-likeness (QED) is 0.0417. The van der Waals surface area contributed by atoms with Crippen molar-refractivity contribution in [3.05, 3.63) is 0 Å². The summed E-state index contributed by atoms with van der Waals surface area (Å²) < 4.78 is 58.6. The Morgan fingerprint density at radius 3 is 1.39 bits per heavy atom. The molecule has 56 heavy (non-hydrogen) atoms. The molecule has 0 radical (unpaired) electrons. The monoisotopic (exact) mass is 812 g/mol. The molecular weight excluding hydrogens is 752 g/mol. The van der Waals surface area contributed by atoms with Crippen molar-refractivity contribution >= 4 is 35.5 Å². The SMILES string of the molecule is COCCOCCOCC(=O)NCCOCCOCC(COCCOCCNC(=O)COCCOCCOC)OCC(=O)NCCC(=O)ON1C(=O)CCC1=O. The normalized spacial score (nSPS) is 12.7. The van der Waals surface area contributed by atoms with E-state index in [4.69, 9.17) is 56.9 Å². The van der Waals surface area contributed by atoms with Gasteiger partial charge in [0.2, 0.25) is 17.7 Å². The van der Waals surface area contributed by atoms with E-state index in [2.05, 4.69) is 16.0 Å². The van der Waals surface area contributed by atoms with Crippen molar-refractivity contribution in [1.29, 1.82) is 0 Å². The molecule has 0 aromatic carbocycles. The van der Waals surface area contributed by atoms with Gasteiger partial charge in [0, 0.05) is 46.7 Å². The molecule has 1 aliphatic rings. The molecule has 0 bridgehead atoms. The number of carbonyl (C=O) groups is 6. The number of amides is 5. The number of hydrogen-bond donors (Lipinski definition) is 3. The molecule has 0 aliphatic carbocycles. The summed E-state index contributed by atoms with van der Waals surface area (Å²) in [5.41, 5.74) is 0. The van der Waals surface area contributed by atoms with Crippen LogP contribution in [0.15, 0.2) is 0 Å². The van der Waals surface area contributed by atoms with Gasteiger partial charge >= 0.3 is 5.97 Å². The molecule has 1 saturated heterocycles. The van der Waals surface area contributed by atoms with Crippen LogP contribution in [0.2, 0.25) is 0 Å². The van der Waals surface area contributed by atoms with Gasteiger partial charge in [-0.3, -0.25) is 24.0 Å². The fourth-order valence-electron chi connectivity index (χ4n) is 4.05. The maximum absolute atomic E-state index is 12.3. The number of methoxy groups -OCH3 is 2. The summed E-state index contributed by atoms with van der Waals surface area (Å²) in [5, 5.41) is 8.29. The first-order valence-electron chi connectivity index (χ1n) is 18.3. The van der Waals surface area contributed by atoms with Crippen LogP contribution in [0.4, 0.5) is 0 Å². The second kappa shape index (κ2) is 36.0. The molecule has 0 unspecified atom stereocenters. The minimum atomic E-state index is -0.849. The molecule has 0 aromatic heterocycles. The Morgan fingerprint density at radius 1 is 0.518 bits per heavy atom. The summed E-state index contributed by atoms with van der Waals surface area (Å²) in [4.78, 5) is 75.9. The predicted octanol–water partition coefficient (Wildman–Crippen LogP) is -2.86. The van der Waals surface area contributed by atoms with Crippen LogP contribution in [-0.4, -0.2) is 206 Å². The molecule has 5 amide bonds. The van der Waals surface area contributed by atoms with Crippen molar-refractivity contribution in [2.24, 2.45) is 0 Å². The largest absolute Gasteiger partial charge is 0.382 e. The lowest BCUT2D eigenvalue weighted by molar-refractivity contribution is -0.197. The first-order chi connectivity index (χ1) is 27.3. The minimum absolute atomic E-state index is 0.0252. The third-order valence-corrected chi connectivity index (χ3v) is 6.86. The summed E-state index contributed by atoms with van der Waals surface area (Å²) in [6.07, 6.45) is -0.985. The highest BCUT2D eigenvalue weighted by atomic mass is 16.7. The van der Waals surface area contributed by atoms with E-state index in [1.54, 1.807) is 14.2 Å². The zero-order chi connectivity index (χ0) is 40.9. The Bertz CT molecular complexity index is 1030. The van der Waals surface area contributed by atoms with Crippen molar-refractivity contribution in [2.45, 2.75) is 25.4 Å². The number of ether oxygens (including phenoxy) is 11. The summed E-state index contributed by atoms with van der Waals surface area (Å²) in [7, 11) is 3.16. The number of hydrogen-bond acceptors (Lipinski definition) is 18. The van der Waals surface area contributed by atoms with Crippen molar-refractivity contribution in [1.82, 2.24) is 21.0 Å². The van der Waals surface area contributed by atoms with E-state index < -0.39 is 29.8 Å². The molecule has 0 spiro atoms. The van der Waals surface area contributed by atoms with Gasteiger partial charge in [-0.15, -0.1) is 5.06 Å². The molecule has 22 nitrogen and oxygen atoms in total. The lowest BCUT2D eigenvalue weighted by Gasteiger charge is -2.18. The Kier molecular flexibility index (Phi) is 32.5. The molecule has 1 heterocycles. The third-order valence-electron chi connectivity index (χ3n) is 6.86. The molecule has 0 aromatic rings. The number of hydroxylamine groups is 2. The highest BCUT2D eigenvalue weighted by molar-refractivity contribution is 6.01. The van der Waals surface area contributed by atoms with E-state index in [1.165, 1.54) is 0 Å². The second-order valence-corrected chi connectivity index (χ2v) is 11.5. The van der Waals surface area contributed by atoms with E-state index in [1.807, 2.05) is 0 Å². The van der Waals surface area contributed by atoms with Gasteiger partial charge in [-0.2, -0.15) is 0 Å². The van der Waals surface area contributed by atoms with E-state index in [-0.39, 0.29) is 137 Å². The fraction of sp³-hybridized carbons (Fsp3) is 0.824.